The second kappa shape index (κ2) is 7.46. The molecule has 3 nitrogen and oxygen atoms in total. The average Bonchev–Trinajstić information content (AvgIpc) is 2.47. The van der Waals surface area contributed by atoms with Gasteiger partial charge in [0, 0.05) is 10.7 Å². The number of ether oxygens (including phenoxy) is 1. The first-order chi connectivity index (χ1) is 10.1. The van der Waals surface area contributed by atoms with Crippen LogP contribution in [0.25, 0.3) is 0 Å². The molecular formula is C17H21BrN2O. The smallest absolute Gasteiger partial charge is 0.125 e. The quantitative estimate of drug-likeness (QED) is 0.763. The lowest BCUT2D eigenvalue weighted by Crippen LogP contribution is -2.13. The summed E-state index contributed by atoms with van der Waals surface area (Å²) in [5.74, 6) is 2.27. The normalized spacial score (nSPS) is 10.7. The maximum atomic E-state index is 5.94. The summed E-state index contributed by atoms with van der Waals surface area (Å²) in [6, 6.07) is 10.1. The van der Waals surface area contributed by atoms with E-state index in [1.165, 1.54) is 11.1 Å². The molecule has 0 atom stereocenters. The zero-order chi connectivity index (χ0) is 15.2. The van der Waals surface area contributed by atoms with Gasteiger partial charge in [0.25, 0.3) is 0 Å². The van der Waals surface area contributed by atoms with Crippen molar-refractivity contribution in [3.8, 4) is 5.75 Å². The minimum Gasteiger partial charge on any atom is -0.491 e. The number of hydrogen-bond donors (Lipinski definition) is 1. The molecular weight excluding hydrogens is 328 g/mol. The van der Waals surface area contributed by atoms with Crippen LogP contribution in [-0.4, -0.2) is 18.1 Å². The van der Waals surface area contributed by atoms with Crippen molar-refractivity contribution < 1.29 is 4.74 Å². The van der Waals surface area contributed by atoms with E-state index in [0.29, 0.717) is 12.5 Å². The molecule has 0 fully saturated rings. The van der Waals surface area contributed by atoms with Gasteiger partial charge in [-0.25, -0.2) is 4.98 Å². The number of benzene rings is 1. The first-order valence-corrected chi connectivity index (χ1v) is 7.95. The Morgan fingerprint density at radius 3 is 2.76 bits per heavy atom. The van der Waals surface area contributed by atoms with Gasteiger partial charge in [0.1, 0.15) is 18.2 Å². The molecule has 2 aromatic rings. The number of anilines is 1. The topological polar surface area (TPSA) is 34.1 Å². The lowest BCUT2D eigenvalue weighted by atomic mass is 10.0. The number of nitrogens with zero attached hydrogens (tertiary/aromatic N) is 1. The number of aromatic nitrogens is 1. The zero-order valence-corrected chi connectivity index (χ0v) is 14.3. The summed E-state index contributed by atoms with van der Waals surface area (Å²) in [4.78, 5) is 4.22. The Labute approximate surface area is 134 Å². The highest BCUT2D eigenvalue weighted by molar-refractivity contribution is 9.10. The summed E-state index contributed by atoms with van der Waals surface area (Å²) < 4.78 is 7.07. The highest BCUT2D eigenvalue weighted by atomic mass is 79.9. The Morgan fingerprint density at radius 1 is 1.29 bits per heavy atom. The molecule has 0 saturated carbocycles. The molecule has 0 aliphatic heterocycles. The van der Waals surface area contributed by atoms with Crippen molar-refractivity contribution >= 4 is 21.7 Å². The maximum absolute atomic E-state index is 5.94. The maximum Gasteiger partial charge on any atom is 0.125 e. The van der Waals surface area contributed by atoms with Gasteiger partial charge in [0.15, 0.2) is 0 Å². The molecule has 21 heavy (non-hydrogen) atoms. The monoisotopic (exact) mass is 348 g/mol. The molecule has 0 unspecified atom stereocenters. The molecule has 4 heteroatoms. The van der Waals surface area contributed by atoms with E-state index in [2.05, 4.69) is 59.1 Å². The first-order valence-electron chi connectivity index (χ1n) is 7.15. The minimum atomic E-state index is 0.431. The van der Waals surface area contributed by atoms with Gasteiger partial charge in [0.2, 0.25) is 0 Å². The van der Waals surface area contributed by atoms with Crippen LogP contribution in [0.1, 0.15) is 30.9 Å². The Morgan fingerprint density at radius 2 is 2.10 bits per heavy atom. The van der Waals surface area contributed by atoms with Crippen molar-refractivity contribution in [2.24, 2.45) is 0 Å². The van der Waals surface area contributed by atoms with Crippen molar-refractivity contribution in [3.05, 3.63) is 52.1 Å². The van der Waals surface area contributed by atoms with Crippen LogP contribution in [0.4, 0.5) is 5.82 Å². The van der Waals surface area contributed by atoms with E-state index in [4.69, 9.17) is 4.74 Å². The second-order valence-electron chi connectivity index (χ2n) is 5.28. The van der Waals surface area contributed by atoms with Crippen molar-refractivity contribution in [3.63, 3.8) is 0 Å². The lowest BCUT2D eigenvalue weighted by Gasteiger charge is -2.16. The van der Waals surface area contributed by atoms with Crippen molar-refractivity contribution in [1.29, 1.82) is 0 Å². The molecule has 0 bridgehead atoms. The van der Waals surface area contributed by atoms with Crippen LogP contribution in [0.3, 0.4) is 0 Å². The summed E-state index contributed by atoms with van der Waals surface area (Å²) in [5, 5.41) is 3.24. The number of nitrogens with one attached hydrogen (secondary N) is 1. The molecule has 0 saturated heterocycles. The minimum absolute atomic E-state index is 0.431. The van der Waals surface area contributed by atoms with Crippen molar-refractivity contribution in [1.82, 2.24) is 4.98 Å². The summed E-state index contributed by atoms with van der Waals surface area (Å²) in [5.41, 5.74) is 2.41. The molecule has 1 aromatic heterocycles. The molecule has 0 radical (unpaired) electrons. The van der Waals surface area contributed by atoms with Gasteiger partial charge in [0.05, 0.1) is 6.54 Å². The number of aryl methyl sites for hydroxylation is 1. The average molecular weight is 349 g/mol. The van der Waals surface area contributed by atoms with Crippen LogP contribution in [-0.2, 0) is 0 Å². The number of pyridine rings is 1. The molecule has 0 aliphatic carbocycles. The highest BCUT2D eigenvalue weighted by Crippen LogP contribution is 2.32. The molecule has 112 valence electrons. The third-order valence-corrected chi connectivity index (χ3v) is 4.10. The summed E-state index contributed by atoms with van der Waals surface area (Å²) >= 11 is 3.58. The predicted octanol–water partition coefficient (Wildman–Crippen LogP) is 4.77. The molecule has 1 heterocycles. The van der Waals surface area contributed by atoms with E-state index < -0.39 is 0 Å². The second-order valence-corrected chi connectivity index (χ2v) is 6.14. The third-order valence-electron chi connectivity index (χ3n) is 3.24. The van der Waals surface area contributed by atoms with Crippen molar-refractivity contribution in [2.45, 2.75) is 26.7 Å². The molecule has 2 rings (SSSR count). The van der Waals surface area contributed by atoms with E-state index in [-0.39, 0.29) is 0 Å². The Balaban J connectivity index is 1.95. The largest absolute Gasteiger partial charge is 0.491 e. The lowest BCUT2D eigenvalue weighted by molar-refractivity contribution is 0.327. The third kappa shape index (κ3) is 4.46. The first kappa shape index (κ1) is 15.8. The Kier molecular flexibility index (Phi) is 5.62. The fourth-order valence-electron chi connectivity index (χ4n) is 2.05. The van der Waals surface area contributed by atoms with E-state index >= 15 is 0 Å². The van der Waals surface area contributed by atoms with Gasteiger partial charge in [-0.05, 0) is 48.2 Å². The van der Waals surface area contributed by atoms with Gasteiger partial charge < -0.3 is 10.1 Å². The van der Waals surface area contributed by atoms with Gasteiger partial charge in [-0.3, -0.25) is 0 Å². The summed E-state index contributed by atoms with van der Waals surface area (Å²) in [7, 11) is 0. The van der Waals surface area contributed by atoms with Gasteiger partial charge >= 0.3 is 0 Å². The zero-order valence-electron chi connectivity index (χ0n) is 12.7. The highest BCUT2D eigenvalue weighted by Gasteiger charge is 2.10. The summed E-state index contributed by atoms with van der Waals surface area (Å²) in [6.45, 7) is 7.76. The molecule has 0 aliphatic rings. The Hall–Kier alpha value is -1.55. The Bertz CT molecular complexity index is 585. The fourth-order valence-corrected chi connectivity index (χ4v) is 2.42. The van der Waals surface area contributed by atoms with Crippen LogP contribution in [0, 0.1) is 6.92 Å². The standard InChI is InChI=1S/C17H21BrN2O/c1-12(2)14-11-15(18)13(3)10-16(14)21-9-8-20-17-6-4-5-7-19-17/h4-7,10-12H,8-9H2,1-3H3,(H,19,20). The fraction of sp³-hybridized carbons (Fsp3) is 0.353. The SMILES string of the molecule is Cc1cc(OCCNc2ccccn2)c(C(C)C)cc1Br. The molecule has 1 aromatic carbocycles. The molecule has 0 amide bonds. The van der Waals surface area contributed by atoms with Crippen LogP contribution in [0.2, 0.25) is 0 Å². The molecule has 1 N–H and O–H groups in total. The predicted molar refractivity (Wildman–Crippen MR) is 91.2 cm³/mol. The molecule has 0 spiro atoms. The van der Waals surface area contributed by atoms with E-state index in [9.17, 15) is 0 Å². The van der Waals surface area contributed by atoms with Crippen LogP contribution in [0.5, 0.6) is 5.75 Å². The van der Waals surface area contributed by atoms with E-state index in [0.717, 1.165) is 22.6 Å². The van der Waals surface area contributed by atoms with Crippen LogP contribution >= 0.6 is 15.9 Å². The van der Waals surface area contributed by atoms with Crippen molar-refractivity contribution in [2.75, 3.05) is 18.5 Å². The van der Waals surface area contributed by atoms with E-state index in [1.54, 1.807) is 6.20 Å². The van der Waals surface area contributed by atoms with E-state index in [1.807, 2.05) is 18.2 Å². The van der Waals surface area contributed by atoms with Gasteiger partial charge in [-0.2, -0.15) is 0 Å². The summed E-state index contributed by atoms with van der Waals surface area (Å²) in [6.07, 6.45) is 1.78. The van der Waals surface area contributed by atoms with Gasteiger partial charge in [-0.1, -0.05) is 35.8 Å². The number of rotatable bonds is 6. The van der Waals surface area contributed by atoms with Crippen LogP contribution < -0.4 is 10.1 Å². The number of hydrogen-bond acceptors (Lipinski definition) is 3. The van der Waals surface area contributed by atoms with Crippen LogP contribution in [0.15, 0.2) is 41.0 Å². The van der Waals surface area contributed by atoms with Gasteiger partial charge in [-0.15, -0.1) is 0 Å². The number of halogens is 1.